The second-order valence-electron chi connectivity index (χ2n) is 4.45. The predicted molar refractivity (Wildman–Crippen MR) is 80.0 cm³/mol. The second kappa shape index (κ2) is 6.47. The van der Waals surface area contributed by atoms with E-state index >= 15 is 0 Å². The molecule has 0 aliphatic rings. The van der Waals surface area contributed by atoms with Crippen molar-refractivity contribution >= 4 is 23.2 Å². The molecule has 1 heterocycles. The molecule has 4 heteroatoms. The third-order valence-electron chi connectivity index (χ3n) is 3.19. The van der Waals surface area contributed by atoms with Crippen LogP contribution in [0.2, 0.25) is 10.0 Å². The summed E-state index contributed by atoms with van der Waals surface area (Å²) in [4.78, 5) is 0. The first-order valence-corrected chi connectivity index (χ1v) is 7.09. The van der Waals surface area contributed by atoms with Crippen molar-refractivity contribution in [2.24, 2.45) is 0 Å². The van der Waals surface area contributed by atoms with Gasteiger partial charge in [0.1, 0.15) is 5.76 Å². The van der Waals surface area contributed by atoms with Crippen LogP contribution < -0.4 is 5.32 Å². The van der Waals surface area contributed by atoms with Gasteiger partial charge in [0.2, 0.25) is 0 Å². The van der Waals surface area contributed by atoms with Gasteiger partial charge in [-0.1, -0.05) is 36.2 Å². The zero-order valence-corrected chi connectivity index (χ0v) is 12.6. The van der Waals surface area contributed by atoms with Crippen LogP contribution in [-0.2, 0) is 6.42 Å². The van der Waals surface area contributed by atoms with Gasteiger partial charge in [-0.3, -0.25) is 0 Å². The minimum Gasteiger partial charge on any atom is -0.469 e. The van der Waals surface area contributed by atoms with E-state index in [0.29, 0.717) is 10.0 Å². The highest BCUT2D eigenvalue weighted by atomic mass is 35.5. The lowest BCUT2D eigenvalue weighted by molar-refractivity contribution is 0.501. The van der Waals surface area contributed by atoms with Crippen LogP contribution in [0.25, 0.3) is 0 Å². The quantitative estimate of drug-likeness (QED) is 0.858. The Balaban J connectivity index is 2.29. The Labute approximate surface area is 123 Å². The van der Waals surface area contributed by atoms with Crippen molar-refractivity contribution in [2.45, 2.75) is 26.3 Å². The van der Waals surface area contributed by atoms with Gasteiger partial charge in [0.15, 0.2) is 0 Å². The molecule has 102 valence electrons. The first-order valence-electron chi connectivity index (χ1n) is 6.33. The smallest absolute Gasteiger partial charge is 0.105 e. The van der Waals surface area contributed by atoms with E-state index < -0.39 is 0 Å². The molecule has 1 atom stereocenters. The number of hydrogen-bond acceptors (Lipinski definition) is 2. The summed E-state index contributed by atoms with van der Waals surface area (Å²) < 4.78 is 5.38. The van der Waals surface area contributed by atoms with Crippen molar-refractivity contribution < 1.29 is 4.42 Å². The summed E-state index contributed by atoms with van der Waals surface area (Å²) in [6, 6.07) is 7.75. The van der Waals surface area contributed by atoms with Gasteiger partial charge in [-0.25, -0.2) is 0 Å². The van der Waals surface area contributed by atoms with Crippen LogP contribution in [-0.4, -0.2) is 6.54 Å². The lowest BCUT2D eigenvalue weighted by Gasteiger charge is -2.19. The molecule has 0 saturated heterocycles. The maximum Gasteiger partial charge on any atom is 0.105 e. The van der Waals surface area contributed by atoms with Crippen LogP contribution in [0.5, 0.6) is 0 Å². The number of rotatable bonds is 5. The normalized spacial score (nSPS) is 12.6. The topological polar surface area (TPSA) is 25.2 Å². The monoisotopic (exact) mass is 297 g/mol. The average molecular weight is 298 g/mol. The van der Waals surface area contributed by atoms with Crippen LogP contribution in [0.15, 0.2) is 34.9 Å². The first-order chi connectivity index (χ1) is 9.13. The van der Waals surface area contributed by atoms with E-state index in [0.717, 1.165) is 29.9 Å². The molecule has 2 nitrogen and oxygen atoms in total. The Morgan fingerprint density at radius 3 is 2.42 bits per heavy atom. The summed E-state index contributed by atoms with van der Waals surface area (Å²) in [5.74, 6) is 0.925. The fraction of sp³-hybridized carbons (Fsp3) is 0.333. The molecule has 19 heavy (non-hydrogen) atoms. The van der Waals surface area contributed by atoms with Gasteiger partial charge in [-0.15, -0.1) is 0 Å². The average Bonchev–Trinajstić information content (AvgIpc) is 2.79. The highest BCUT2D eigenvalue weighted by Crippen LogP contribution is 2.30. The molecule has 0 aliphatic heterocycles. The Morgan fingerprint density at radius 2 is 1.89 bits per heavy atom. The van der Waals surface area contributed by atoms with Crippen molar-refractivity contribution in [3.8, 4) is 0 Å². The lowest BCUT2D eigenvalue weighted by atomic mass is 9.99. The standard InChI is InChI=1S/C15H17Cl2NO/c1-3-18-15(11-7-8-19-10(11)2)9-12-13(16)5-4-6-14(12)17/h4-8,15,18H,3,9H2,1-2H3. The number of hydrogen-bond donors (Lipinski definition) is 1. The van der Waals surface area contributed by atoms with E-state index in [1.165, 1.54) is 0 Å². The summed E-state index contributed by atoms with van der Waals surface area (Å²) in [5, 5.41) is 4.86. The summed E-state index contributed by atoms with van der Waals surface area (Å²) in [6.07, 6.45) is 2.45. The molecule has 0 aliphatic carbocycles. The van der Waals surface area contributed by atoms with Crippen LogP contribution in [0.1, 0.15) is 29.9 Å². The largest absolute Gasteiger partial charge is 0.469 e. The summed E-state index contributed by atoms with van der Waals surface area (Å²) in [7, 11) is 0. The SMILES string of the molecule is CCNC(Cc1c(Cl)cccc1Cl)c1ccoc1C. The van der Waals surface area contributed by atoms with Gasteiger partial charge in [0.25, 0.3) is 0 Å². The van der Waals surface area contributed by atoms with Gasteiger partial charge >= 0.3 is 0 Å². The highest BCUT2D eigenvalue weighted by Gasteiger charge is 2.18. The molecule has 1 N–H and O–H groups in total. The highest BCUT2D eigenvalue weighted by molar-refractivity contribution is 6.36. The number of likely N-dealkylation sites (N-methyl/N-ethyl adjacent to an activating group) is 1. The number of nitrogens with one attached hydrogen (secondary N) is 1. The zero-order chi connectivity index (χ0) is 13.8. The van der Waals surface area contributed by atoms with Crippen molar-refractivity contribution in [3.05, 3.63) is 57.5 Å². The second-order valence-corrected chi connectivity index (χ2v) is 5.26. The third kappa shape index (κ3) is 3.33. The molecular formula is C15H17Cl2NO. The van der Waals surface area contributed by atoms with E-state index in [4.69, 9.17) is 27.6 Å². The summed E-state index contributed by atoms with van der Waals surface area (Å²) in [6.45, 7) is 4.92. The third-order valence-corrected chi connectivity index (χ3v) is 3.90. The minimum absolute atomic E-state index is 0.154. The van der Waals surface area contributed by atoms with E-state index in [1.54, 1.807) is 6.26 Å². The number of benzene rings is 1. The van der Waals surface area contributed by atoms with Crippen LogP contribution in [0.3, 0.4) is 0 Å². The molecule has 0 radical (unpaired) electrons. The Hall–Kier alpha value is -0.960. The fourth-order valence-corrected chi connectivity index (χ4v) is 2.78. The summed E-state index contributed by atoms with van der Waals surface area (Å²) >= 11 is 12.5. The molecule has 1 aromatic heterocycles. The Morgan fingerprint density at radius 1 is 1.21 bits per heavy atom. The van der Waals surface area contributed by atoms with Crippen molar-refractivity contribution in [1.82, 2.24) is 5.32 Å². The fourth-order valence-electron chi connectivity index (χ4n) is 2.23. The predicted octanol–water partition coefficient (Wildman–Crippen LogP) is 4.79. The van der Waals surface area contributed by atoms with Crippen LogP contribution in [0, 0.1) is 6.92 Å². The Bertz CT molecular complexity index is 531. The molecule has 0 spiro atoms. The number of furan rings is 1. The minimum atomic E-state index is 0.154. The van der Waals surface area contributed by atoms with Gasteiger partial charge in [-0.05, 0) is 43.7 Å². The number of aryl methyl sites for hydroxylation is 1. The maximum absolute atomic E-state index is 6.24. The molecule has 0 saturated carbocycles. The van der Waals surface area contributed by atoms with Gasteiger partial charge < -0.3 is 9.73 Å². The molecule has 0 bridgehead atoms. The van der Waals surface area contributed by atoms with Crippen molar-refractivity contribution in [3.63, 3.8) is 0 Å². The number of halogens is 2. The lowest BCUT2D eigenvalue weighted by Crippen LogP contribution is -2.23. The molecule has 2 rings (SSSR count). The first kappa shape index (κ1) is 14.4. The van der Waals surface area contributed by atoms with Gasteiger partial charge in [0, 0.05) is 21.7 Å². The molecule has 0 fully saturated rings. The van der Waals surface area contributed by atoms with Gasteiger partial charge in [-0.2, -0.15) is 0 Å². The molecule has 1 unspecified atom stereocenters. The summed E-state index contributed by atoms with van der Waals surface area (Å²) in [5.41, 5.74) is 2.12. The van der Waals surface area contributed by atoms with Crippen LogP contribution >= 0.6 is 23.2 Å². The molecular weight excluding hydrogens is 281 g/mol. The van der Waals surface area contributed by atoms with Gasteiger partial charge in [0.05, 0.1) is 6.26 Å². The maximum atomic E-state index is 6.24. The van der Waals surface area contributed by atoms with E-state index in [-0.39, 0.29) is 6.04 Å². The molecule has 0 amide bonds. The Kier molecular flexibility index (Phi) is 4.92. The van der Waals surface area contributed by atoms with E-state index in [1.807, 2.05) is 31.2 Å². The van der Waals surface area contributed by atoms with E-state index in [2.05, 4.69) is 12.2 Å². The van der Waals surface area contributed by atoms with Crippen LogP contribution in [0.4, 0.5) is 0 Å². The van der Waals surface area contributed by atoms with E-state index in [9.17, 15) is 0 Å². The molecule has 2 aromatic rings. The van der Waals surface area contributed by atoms with Crippen molar-refractivity contribution in [1.29, 1.82) is 0 Å². The molecule has 1 aromatic carbocycles. The zero-order valence-electron chi connectivity index (χ0n) is 11.0. The van der Waals surface area contributed by atoms with Crippen molar-refractivity contribution in [2.75, 3.05) is 6.54 Å².